The molecule has 1 aromatic heterocycles. The molecular formula is C15H18N2. The molecule has 0 aliphatic rings. The van der Waals surface area contributed by atoms with E-state index in [0.717, 1.165) is 23.2 Å². The number of nitrogens with one attached hydrogen (secondary N) is 2. The molecule has 2 rings (SSSR count). The summed E-state index contributed by atoms with van der Waals surface area (Å²) < 4.78 is 0. The standard InChI is InChI=1S/C15H18N2/c1-10(2)12-5-6-15-13(7-12)14(9-17-15)11(3)8-16-4/h5-7,9,16-17H,1,3,8H2,2,4H3. The summed E-state index contributed by atoms with van der Waals surface area (Å²) in [4.78, 5) is 3.28. The minimum atomic E-state index is 0.796. The predicted molar refractivity (Wildman–Crippen MR) is 76.0 cm³/mol. The zero-order valence-corrected chi connectivity index (χ0v) is 10.4. The molecule has 0 aliphatic heterocycles. The van der Waals surface area contributed by atoms with Crippen LogP contribution in [-0.2, 0) is 0 Å². The molecule has 1 aromatic carbocycles. The van der Waals surface area contributed by atoms with Crippen molar-refractivity contribution in [1.82, 2.24) is 10.3 Å². The highest BCUT2D eigenvalue weighted by Crippen LogP contribution is 2.26. The third-order valence-electron chi connectivity index (χ3n) is 2.95. The molecule has 2 aromatic rings. The van der Waals surface area contributed by atoms with Crippen molar-refractivity contribution in [3.63, 3.8) is 0 Å². The maximum atomic E-state index is 4.11. The molecular weight excluding hydrogens is 208 g/mol. The Morgan fingerprint density at radius 3 is 2.76 bits per heavy atom. The molecule has 88 valence electrons. The van der Waals surface area contributed by atoms with E-state index >= 15 is 0 Å². The van der Waals surface area contributed by atoms with Crippen LogP contribution in [0.5, 0.6) is 0 Å². The minimum Gasteiger partial charge on any atom is -0.361 e. The van der Waals surface area contributed by atoms with E-state index in [1.54, 1.807) is 0 Å². The SMILES string of the molecule is C=C(C)c1ccc2[nH]cc(C(=C)CNC)c2c1. The first-order valence-corrected chi connectivity index (χ1v) is 5.73. The van der Waals surface area contributed by atoms with E-state index < -0.39 is 0 Å². The number of allylic oxidation sites excluding steroid dienone is 1. The fourth-order valence-electron chi connectivity index (χ4n) is 1.99. The quantitative estimate of drug-likeness (QED) is 0.821. The van der Waals surface area contributed by atoms with E-state index in [0.29, 0.717) is 0 Å². The summed E-state index contributed by atoms with van der Waals surface area (Å²) >= 11 is 0. The van der Waals surface area contributed by atoms with Crippen LogP contribution < -0.4 is 5.32 Å². The van der Waals surface area contributed by atoms with Crippen molar-refractivity contribution in [1.29, 1.82) is 0 Å². The Hall–Kier alpha value is -1.80. The summed E-state index contributed by atoms with van der Waals surface area (Å²) in [6.45, 7) is 10.9. The third-order valence-corrected chi connectivity index (χ3v) is 2.95. The third kappa shape index (κ3) is 2.17. The number of likely N-dealkylation sites (N-methyl/N-ethyl adjacent to an activating group) is 1. The molecule has 0 amide bonds. The number of rotatable bonds is 4. The summed E-state index contributed by atoms with van der Waals surface area (Å²) in [7, 11) is 1.93. The number of aromatic amines is 1. The van der Waals surface area contributed by atoms with Crippen LogP contribution in [-0.4, -0.2) is 18.6 Å². The normalized spacial score (nSPS) is 10.7. The van der Waals surface area contributed by atoms with Crippen molar-refractivity contribution in [2.45, 2.75) is 6.92 Å². The van der Waals surface area contributed by atoms with Crippen LogP contribution in [0, 0.1) is 0 Å². The smallest absolute Gasteiger partial charge is 0.0460 e. The van der Waals surface area contributed by atoms with Crippen LogP contribution in [0.15, 0.2) is 37.6 Å². The van der Waals surface area contributed by atoms with E-state index in [9.17, 15) is 0 Å². The van der Waals surface area contributed by atoms with Gasteiger partial charge in [-0.05, 0) is 37.2 Å². The van der Waals surface area contributed by atoms with Gasteiger partial charge in [-0.1, -0.05) is 24.8 Å². The lowest BCUT2D eigenvalue weighted by molar-refractivity contribution is 0.933. The Labute approximate surface area is 102 Å². The van der Waals surface area contributed by atoms with Crippen molar-refractivity contribution in [2.24, 2.45) is 0 Å². The summed E-state index contributed by atoms with van der Waals surface area (Å²) in [5.41, 5.74) is 5.67. The predicted octanol–water partition coefficient (Wildman–Crippen LogP) is 3.43. The molecule has 2 nitrogen and oxygen atoms in total. The van der Waals surface area contributed by atoms with Crippen molar-refractivity contribution in [3.8, 4) is 0 Å². The number of fused-ring (bicyclic) bond motifs is 1. The number of hydrogen-bond acceptors (Lipinski definition) is 1. The van der Waals surface area contributed by atoms with Crippen LogP contribution in [0.1, 0.15) is 18.1 Å². The van der Waals surface area contributed by atoms with Gasteiger partial charge < -0.3 is 10.3 Å². The first-order chi connectivity index (χ1) is 8.13. The Morgan fingerprint density at radius 1 is 1.35 bits per heavy atom. The van der Waals surface area contributed by atoms with E-state index in [4.69, 9.17) is 0 Å². The number of aromatic nitrogens is 1. The molecule has 0 spiro atoms. The fourth-order valence-corrected chi connectivity index (χ4v) is 1.99. The zero-order chi connectivity index (χ0) is 12.4. The van der Waals surface area contributed by atoms with Gasteiger partial charge in [0.15, 0.2) is 0 Å². The summed E-state index contributed by atoms with van der Waals surface area (Å²) in [6, 6.07) is 6.35. The van der Waals surface area contributed by atoms with Gasteiger partial charge >= 0.3 is 0 Å². The van der Waals surface area contributed by atoms with Gasteiger partial charge in [-0.2, -0.15) is 0 Å². The van der Waals surface area contributed by atoms with Crippen molar-refractivity contribution >= 4 is 22.0 Å². The topological polar surface area (TPSA) is 27.8 Å². The molecule has 0 saturated heterocycles. The van der Waals surface area contributed by atoms with E-state index in [1.807, 2.05) is 20.2 Å². The van der Waals surface area contributed by atoms with Crippen molar-refractivity contribution in [2.75, 3.05) is 13.6 Å². The molecule has 1 heterocycles. The van der Waals surface area contributed by atoms with Gasteiger partial charge in [0.05, 0.1) is 0 Å². The lowest BCUT2D eigenvalue weighted by Gasteiger charge is -2.05. The maximum Gasteiger partial charge on any atom is 0.0460 e. The molecule has 0 unspecified atom stereocenters. The molecule has 0 saturated carbocycles. The highest BCUT2D eigenvalue weighted by Gasteiger charge is 2.07. The van der Waals surface area contributed by atoms with Gasteiger partial charge in [0.2, 0.25) is 0 Å². The van der Waals surface area contributed by atoms with Gasteiger partial charge in [-0.3, -0.25) is 0 Å². The molecule has 0 bridgehead atoms. The second-order valence-corrected chi connectivity index (χ2v) is 4.38. The molecule has 2 heteroatoms. The fraction of sp³-hybridized carbons (Fsp3) is 0.200. The summed E-state index contributed by atoms with van der Waals surface area (Å²) in [6.07, 6.45) is 2.02. The molecule has 0 fully saturated rings. The van der Waals surface area contributed by atoms with Gasteiger partial charge in [0, 0.05) is 29.2 Å². The molecule has 0 aliphatic carbocycles. The van der Waals surface area contributed by atoms with E-state index in [1.165, 1.54) is 16.5 Å². The van der Waals surface area contributed by atoms with Crippen molar-refractivity contribution < 1.29 is 0 Å². The Bertz CT molecular complexity index is 576. The average molecular weight is 226 g/mol. The Kier molecular flexibility index (Phi) is 3.16. The van der Waals surface area contributed by atoms with Gasteiger partial charge in [-0.15, -0.1) is 0 Å². The average Bonchev–Trinajstić information content (AvgIpc) is 2.71. The van der Waals surface area contributed by atoms with Crippen LogP contribution in [0.4, 0.5) is 0 Å². The van der Waals surface area contributed by atoms with Crippen LogP contribution in [0.2, 0.25) is 0 Å². The Morgan fingerprint density at radius 2 is 2.12 bits per heavy atom. The van der Waals surface area contributed by atoms with Crippen molar-refractivity contribution in [3.05, 3.63) is 48.7 Å². The molecule has 0 atom stereocenters. The van der Waals surface area contributed by atoms with Crippen LogP contribution in [0.25, 0.3) is 22.0 Å². The van der Waals surface area contributed by atoms with Gasteiger partial charge in [-0.25, -0.2) is 0 Å². The van der Waals surface area contributed by atoms with Gasteiger partial charge in [0.1, 0.15) is 0 Å². The lowest BCUT2D eigenvalue weighted by Crippen LogP contribution is -2.08. The Balaban J connectivity index is 2.54. The van der Waals surface area contributed by atoms with E-state index in [2.05, 4.69) is 41.7 Å². The van der Waals surface area contributed by atoms with Crippen LogP contribution >= 0.6 is 0 Å². The molecule has 0 radical (unpaired) electrons. The highest BCUT2D eigenvalue weighted by atomic mass is 14.8. The summed E-state index contributed by atoms with van der Waals surface area (Å²) in [5, 5.41) is 4.34. The lowest BCUT2D eigenvalue weighted by atomic mass is 10.0. The number of benzene rings is 1. The second kappa shape index (κ2) is 4.60. The number of hydrogen-bond donors (Lipinski definition) is 2. The second-order valence-electron chi connectivity index (χ2n) is 4.38. The molecule has 17 heavy (non-hydrogen) atoms. The maximum absolute atomic E-state index is 4.11. The first kappa shape index (κ1) is 11.7. The van der Waals surface area contributed by atoms with E-state index in [-0.39, 0.29) is 0 Å². The van der Waals surface area contributed by atoms with Crippen LogP contribution in [0.3, 0.4) is 0 Å². The van der Waals surface area contributed by atoms with Gasteiger partial charge in [0.25, 0.3) is 0 Å². The number of H-pyrrole nitrogens is 1. The molecule has 2 N–H and O–H groups in total. The monoisotopic (exact) mass is 226 g/mol. The first-order valence-electron chi connectivity index (χ1n) is 5.73. The summed E-state index contributed by atoms with van der Waals surface area (Å²) in [5.74, 6) is 0. The minimum absolute atomic E-state index is 0.796. The highest BCUT2D eigenvalue weighted by molar-refractivity contribution is 5.94. The largest absolute Gasteiger partial charge is 0.361 e. The zero-order valence-electron chi connectivity index (χ0n) is 10.4.